The molecule has 0 atom stereocenters. The second-order valence-corrected chi connectivity index (χ2v) is 5.51. The van der Waals surface area contributed by atoms with E-state index in [4.69, 9.17) is 4.74 Å². The molecule has 0 spiro atoms. The standard InChI is InChI=1S/C16H18N2O2S/c1-18(10-8-15-17-9-11-21-15)16(19)14(20-2)12-13-6-4-3-5-7-13/h3-7,9,11-12H,8,10H2,1-2H3/b14-12+. The first-order chi connectivity index (χ1) is 10.2. The summed E-state index contributed by atoms with van der Waals surface area (Å²) in [5, 5.41) is 2.97. The van der Waals surface area contributed by atoms with Gasteiger partial charge in [0.2, 0.25) is 0 Å². The molecule has 1 aromatic carbocycles. The highest BCUT2D eigenvalue weighted by Crippen LogP contribution is 2.11. The van der Waals surface area contributed by atoms with Crippen molar-refractivity contribution in [3.8, 4) is 0 Å². The predicted octanol–water partition coefficient (Wildman–Crippen LogP) is 2.83. The highest BCUT2D eigenvalue weighted by atomic mass is 32.1. The Balaban J connectivity index is 2.00. The van der Waals surface area contributed by atoms with E-state index in [0.29, 0.717) is 12.3 Å². The first-order valence-corrected chi connectivity index (χ1v) is 7.53. The summed E-state index contributed by atoms with van der Waals surface area (Å²) in [5.74, 6) is 0.209. The molecule has 4 nitrogen and oxygen atoms in total. The molecule has 21 heavy (non-hydrogen) atoms. The van der Waals surface area contributed by atoms with Crippen molar-refractivity contribution >= 4 is 23.3 Å². The largest absolute Gasteiger partial charge is 0.491 e. The maximum Gasteiger partial charge on any atom is 0.288 e. The Morgan fingerprint density at radius 1 is 1.38 bits per heavy atom. The predicted molar refractivity (Wildman–Crippen MR) is 84.9 cm³/mol. The van der Waals surface area contributed by atoms with Gasteiger partial charge in [0.1, 0.15) is 0 Å². The summed E-state index contributed by atoms with van der Waals surface area (Å²) < 4.78 is 5.23. The molecule has 110 valence electrons. The van der Waals surface area contributed by atoms with Crippen LogP contribution in [-0.2, 0) is 16.0 Å². The van der Waals surface area contributed by atoms with Crippen molar-refractivity contribution in [2.45, 2.75) is 6.42 Å². The summed E-state index contributed by atoms with van der Waals surface area (Å²) in [6.45, 7) is 0.613. The van der Waals surface area contributed by atoms with Crippen LogP contribution in [0.5, 0.6) is 0 Å². The van der Waals surface area contributed by atoms with Crippen LogP contribution in [-0.4, -0.2) is 36.5 Å². The molecular formula is C16H18N2O2S. The smallest absolute Gasteiger partial charge is 0.288 e. The quantitative estimate of drug-likeness (QED) is 0.609. The molecule has 2 aromatic rings. The number of thiazole rings is 1. The number of amides is 1. The van der Waals surface area contributed by atoms with Crippen molar-refractivity contribution < 1.29 is 9.53 Å². The molecule has 0 radical (unpaired) electrons. The van der Waals surface area contributed by atoms with Crippen molar-refractivity contribution in [1.29, 1.82) is 0 Å². The first kappa shape index (κ1) is 15.3. The summed E-state index contributed by atoms with van der Waals surface area (Å²) in [7, 11) is 3.29. The Kier molecular flexibility index (Phi) is 5.51. The van der Waals surface area contributed by atoms with Gasteiger partial charge in [0, 0.05) is 31.6 Å². The highest BCUT2D eigenvalue weighted by molar-refractivity contribution is 7.09. The molecule has 0 N–H and O–H groups in total. The third-order valence-electron chi connectivity index (χ3n) is 3.02. The number of rotatable bonds is 6. The van der Waals surface area contributed by atoms with E-state index in [9.17, 15) is 4.79 Å². The fourth-order valence-corrected chi connectivity index (χ4v) is 2.45. The van der Waals surface area contributed by atoms with Gasteiger partial charge in [0.15, 0.2) is 5.76 Å². The number of hydrogen-bond donors (Lipinski definition) is 0. The van der Waals surface area contributed by atoms with Gasteiger partial charge in [0.05, 0.1) is 12.1 Å². The van der Waals surface area contributed by atoms with E-state index in [2.05, 4.69) is 4.98 Å². The molecular weight excluding hydrogens is 284 g/mol. The van der Waals surface area contributed by atoms with Crippen molar-refractivity contribution in [2.75, 3.05) is 20.7 Å². The Morgan fingerprint density at radius 3 is 2.76 bits per heavy atom. The van der Waals surface area contributed by atoms with E-state index in [-0.39, 0.29) is 5.91 Å². The van der Waals surface area contributed by atoms with Crippen molar-refractivity contribution in [1.82, 2.24) is 9.88 Å². The topological polar surface area (TPSA) is 42.4 Å². The van der Waals surface area contributed by atoms with Gasteiger partial charge in [-0.15, -0.1) is 11.3 Å². The monoisotopic (exact) mass is 302 g/mol. The molecule has 2 rings (SSSR count). The van der Waals surface area contributed by atoms with E-state index < -0.39 is 0 Å². The SMILES string of the molecule is CO/C(=C/c1ccccc1)C(=O)N(C)CCc1nccs1. The van der Waals surface area contributed by atoms with Gasteiger partial charge in [-0.2, -0.15) is 0 Å². The molecule has 0 fully saturated rings. The zero-order valence-electron chi connectivity index (χ0n) is 12.2. The minimum atomic E-state index is -0.127. The van der Waals surface area contributed by atoms with E-state index in [1.165, 1.54) is 7.11 Å². The molecule has 0 aliphatic carbocycles. The molecule has 5 heteroatoms. The number of hydrogen-bond acceptors (Lipinski definition) is 4. The van der Waals surface area contributed by atoms with Gasteiger partial charge < -0.3 is 9.64 Å². The van der Waals surface area contributed by atoms with Crippen LogP contribution in [0.1, 0.15) is 10.6 Å². The normalized spacial score (nSPS) is 11.2. The summed E-state index contributed by atoms with van der Waals surface area (Å²) in [5.41, 5.74) is 0.941. The average molecular weight is 302 g/mol. The minimum Gasteiger partial charge on any atom is -0.491 e. The van der Waals surface area contributed by atoms with Crippen LogP contribution < -0.4 is 0 Å². The molecule has 0 saturated carbocycles. The first-order valence-electron chi connectivity index (χ1n) is 6.65. The summed E-state index contributed by atoms with van der Waals surface area (Å²) in [4.78, 5) is 18.2. The number of aromatic nitrogens is 1. The molecule has 0 bridgehead atoms. The van der Waals surface area contributed by atoms with Gasteiger partial charge in [-0.3, -0.25) is 4.79 Å². The molecule has 1 amide bonds. The Labute approximate surface area is 128 Å². The zero-order chi connectivity index (χ0) is 15.1. The Bertz CT molecular complexity index is 594. The highest BCUT2D eigenvalue weighted by Gasteiger charge is 2.15. The van der Waals surface area contributed by atoms with Crippen molar-refractivity contribution in [2.24, 2.45) is 0 Å². The van der Waals surface area contributed by atoms with Crippen LogP contribution in [0.15, 0.2) is 47.7 Å². The van der Waals surface area contributed by atoms with Gasteiger partial charge in [-0.25, -0.2) is 4.98 Å². The molecule has 0 saturated heterocycles. The van der Waals surface area contributed by atoms with Crippen LogP contribution >= 0.6 is 11.3 Å². The van der Waals surface area contributed by atoms with Crippen molar-refractivity contribution in [3.05, 3.63) is 58.2 Å². The Hall–Kier alpha value is -2.14. The fourth-order valence-electron chi connectivity index (χ4n) is 1.84. The number of likely N-dealkylation sites (N-methyl/N-ethyl adjacent to an activating group) is 1. The maximum absolute atomic E-state index is 12.4. The second-order valence-electron chi connectivity index (χ2n) is 4.53. The molecule has 0 unspecified atom stereocenters. The second kappa shape index (κ2) is 7.59. The lowest BCUT2D eigenvalue weighted by atomic mass is 10.2. The van der Waals surface area contributed by atoms with E-state index in [1.54, 1.807) is 35.6 Å². The molecule has 1 aromatic heterocycles. The summed E-state index contributed by atoms with van der Waals surface area (Å²) >= 11 is 1.60. The summed E-state index contributed by atoms with van der Waals surface area (Å²) in [6, 6.07) is 9.65. The number of carbonyl (C=O) groups is 1. The molecule has 1 heterocycles. The van der Waals surface area contributed by atoms with E-state index >= 15 is 0 Å². The molecule has 0 aliphatic rings. The van der Waals surface area contributed by atoms with Crippen LogP contribution in [0, 0.1) is 0 Å². The number of methoxy groups -OCH3 is 1. The van der Waals surface area contributed by atoms with Gasteiger partial charge >= 0.3 is 0 Å². The zero-order valence-corrected chi connectivity index (χ0v) is 13.0. The van der Waals surface area contributed by atoms with Gasteiger partial charge in [-0.1, -0.05) is 30.3 Å². The third-order valence-corrected chi connectivity index (χ3v) is 3.86. The lowest BCUT2D eigenvalue weighted by Gasteiger charge is -2.17. The van der Waals surface area contributed by atoms with Crippen molar-refractivity contribution in [3.63, 3.8) is 0 Å². The average Bonchev–Trinajstić information content (AvgIpc) is 3.04. The number of carbonyl (C=O) groups excluding carboxylic acids is 1. The Morgan fingerprint density at radius 2 is 2.14 bits per heavy atom. The number of benzene rings is 1. The van der Waals surface area contributed by atoms with Gasteiger partial charge in [0.25, 0.3) is 5.91 Å². The summed E-state index contributed by atoms with van der Waals surface area (Å²) in [6.07, 6.45) is 4.28. The van der Waals surface area contributed by atoms with Crippen LogP contribution in [0.2, 0.25) is 0 Å². The maximum atomic E-state index is 12.4. The lowest BCUT2D eigenvalue weighted by molar-refractivity contribution is -0.128. The van der Waals surface area contributed by atoms with E-state index in [0.717, 1.165) is 17.0 Å². The van der Waals surface area contributed by atoms with Crippen LogP contribution in [0.3, 0.4) is 0 Å². The van der Waals surface area contributed by atoms with Crippen LogP contribution in [0.4, 0.5) is 0 Å². The van der Waals surface area contributed by atoms with E-state index in [1.807, 2.05) is 35.7 Å². The minimum absolute atomic E-state index is 0.127. The molecule has 0 aliphatic heterocycles. The van der Waals surface area contributed by atoms with Gasteiger partial charge in [-0.05, 0) is 11.6 Å². The fraction of sp³-hybridized carbons (Fsp3) is 0.250. The lowest BCUT2D eigenvalue weighted by Crippen LogP contribution is -2.30. The number of nitrogens with zero attached hydrogens (tertiary/aromatic N) is 2. The van der Waals surface area contributed by atoms with Crippen LogP contribution in [0.25, 0.3) is 6.08 Å². The number of ether oxygens (including phenoxy) is 1. The third kappa shape index (κ3) is 4.43.